The summed E-state index contributed by atoms with van der Waals surface area (Å²) in [6.07, 6.45) is 7.54. The van der Waals surface area contributed by atoms with E-state index in [1.54, 1.807) is 5.92 Å². The van der Waals surface area contributed by atoms with Crippen molar-refractivity contribution < 1.29 is 35.9 Å². The number of fused-ring (bicyclic) bond motifs is 2. The molecule has 2 bridgehead atoms. The number of hydrogen-bond donors (Lipinski definition) is 0. The molecule has 1 nitrogen and oxygen atoms in total. The van der Waals surface area contributed by atoms with Crippen LogP contribution < -0.4 is 0 Å². The normalized spacial score (nSPS) is 29.4. The predicted molar refractivity (Wildman–Crippen MR) is 52.1 cm³/mol. The first-order chi connectivity index (χ1) is 5.27. The Bertz CT molecular complexity index is 134. The molecular weight excluding hydrogens is 386 g/mol. The Balaban J connectivity index is 0. The fourth-order valence-corrected chi connectivity index (χ4v) is 2.33. The smallest absolute Gasteiger partial charge is 0.542 e. The molecule has 2 saturated carbocycles. The van der Waals surface area contributed by atoms with Gasteiger partial charge in [0.2, 0.25) is 0 Å². The average molecular weight is 405 g/mol. The van der Waals surface area contributed by atoms with Crippen molar-refractivity contribution in [2.24, 2.45) is 11.8 Å². The largest absolute Gasteiger partial charge is 3.00 e. The maximum absolute atomic E-state index is 8.68. The van der Waals surface area contributed by atoms with Gasteiger partial charge in [0.05, 0.1) is 0 Å². The van der Waals surface area contributed by atoms with Crippen molar-refractivity contribution in [3.8, 4) is 0 Å². The monoisotopic (exact) mass is 405 g/mol. The van der Waals surface area contributed by atoms with Gasteiger partial charge in [-0.2, -0.15) is 26.2 Å². The van der Waals surface area contributed by atoms with Crippen LogP contribution in [0.2, 0.25) is 0 Å². The van der Waals surface area contributed by atoms with Crippen LogP contribution in [0.15, 0.2) is 0 Å². The van der Waals surface area contributed by atoms with Crippen LogP contribution in [0.5, 0.6) is 0 Å². The minimum absolute atomic E-state index is 0. The summed E-state index contributed by atoms with van der Waals surface area (Å²) < 4.78 is 0. The van der Waals surface area contributed by atoms with Gasteiger partial charge in [0, 0.05) is 0 Å². The molecule has 2 fully saturated rings. The molecule has 2 aliphatic rings. The molecule has 2 heteroatoms. The fourth-order valence-electron chi connectivity index (χ4n) is 2.33. The first-order valence-corrected chi connectivity index (χ1v) is 4.39. The Morgan fingerprint density at radius 1 is 1.38 bits per heavy atom. The average Bonchev–Trinajstić information content (AvgIpc) is 2.48. The summed E-state index contributed by atoms with van der Waals surface area (Å²) >= 11 is 0. The molecule has 0 aliphatic heterocycles. The molecule has 0 aromatic carbocycles. The molecule has 0 saturated heterocycles. The Kier molecular flexibility index (Phi) is 10.0. The third kappa shape index (κ3) is 4.66. The molecule has 13 heavy (non-hydrogen) atoms. The van der Waals surface area contributed by atoms with Gasteiger partial charge in [-0.05, 0) is 0 Å². The summed E-state index contributed by atoms with van der Waals surface area (Å²) in [5, 5.41) is 0. The molecule has 0 amide bonds. The van der Waals surface area contributed by atoms with Crippen molar-refractivity contribution in [3.63, 3.8) is 0 Å². The topological polar surface area (TPSA) is 17.1 Å². The van der Waals surface area contributed by atoms with E-state index in [0.29, 0.717) is 0 Å². The van der Waals surface area contributed by atoms with Gasteiger partial charge in [-0.1, -0.05) is 25.2 Å². The maximum atomic E-state index is 8.68. The first-order valence-electron chi connectivity index (χ1n) is 4.39. The SMILES string of the molecule is C[C-]1CC2CCC1C2.C[C-]=O.[CH3-].[U+3]. The van der Waals surface area contributed by atoms with Crippen molar-refractivity contribution in [2.75, 3.05) is 0 Å². The van der Waals surface area contributed by atoms with Crippen molar-refractivity contribution in [3.05, 3.63) is 13.3 Å². The van der Waals surface area contributed by atoms with Gasteiger partial charge < -0.3 is 18.1 Å². The zero-order valence-corrected chi connectivity index (χ0v) is 13.1. The van der Waals surface area contributed by atoms with Gasteiger partial charge in [-0.3, -0.25) is 6.29 Å². The maximum Gasteiger partial charge on any atom is 3.00 e. The molecule has 2 aliphatic carbocycles. The van der Waals surface area contributed by atoms with Crippen molar-refractivity contribution in [1.29, 1.82) is 0 Å². The Morgan fingerprint density at radius 2 is 1.92 bits per heavy atom. The number of rotatable bonds is 0. The molecule has 0 heterocycles. The van der Waals surface area contributed by atoms with Crippen LogP contribution >= 0.6 is 0 Å². The number of carbonyl (C=O) groups excluding carboxylic acids is 1. The summed E-state index contributed by atoms with van der Waals surface area (Å²) in [7, 11) is 0. The Morgan fingerprint density at radius 3 is 2.08 bits per heavy atom. The van der Waals surface area contributed by atoms with Crippen LogP contribution in [0.3, 0.4) is 0 Å². The van der Waals surface area contributed by atoms with E-state index in [0.717, 1.165) is 11.8 Å². The van der Waals surface area contributed by atoms with Crippen LogP contribution in [-0.4, -0.2) is 6.29 Å². The summed E-state index contributed by atoms with van der Waals surface area (Å²) in [6.45, 7) is 3.66. The third-order valence-electron chi connectivity index (χ3n) is 2.85. The molecule has 0 aromatic heterocycles. The standard InChI is InChI=1S/C8H13.C2H3O.CH3.U/c1-6-4-7-2-3-8(6)5-7;1-2-3;;/h7-8H,2-5H2,1H3;1H3;1H3;/q3*-1;+3. The molecule has 0 aromatic rings. The fraction of sp³-hybridized carbons (Fsp3) is 0.727. The Hall–Kier alpha value is 0.722. The molecule has 73 valence electrons. The molecular formula is C11H19OU. The Labute approximate surface area is 106 Å². The number of hydrogen-bond acceptors (Lipinski definition) is 1. The summed E-state index contributed by atoms with van der Waals surface area (Å²) in [5.74, 6) is 3.96. The van der Waals surface area contributed by atoms with E-state index in [1.165, 1.54) is 38.9 Å². The van der Waals surface area contributed by atoms with Gasteiger partial charge >= 0.3 is 31.1 Å². The van der Waals surface area contributed by atoms with Crippen LogP contribution in [0.25, 0.3) is 0 Å². The second-order valence-corrected chi connectivity index (χ2v) is 3.63. The van der Waals surface area contributed by atoms with Gasteiger partial charge in [0.1, 0.15) is 0 Å². The molecule has 1 radical (unpaired) electrons. The molecule has 2 atom stereocenters. The third-order valence-corrected chi connectivity index (χ3v) is 2.85. The van der Waals surface area contributed by atoms with E-state index in [-0.39, 0.29) is 38.5 Å². The predicted octanol–water partition coefficient (Wildman–Crippen LogP) is 2.97. The summed E-state index contributed by atoms with van der Waals surface area (Å²) in [5.41, 5.74) is 0. The minimum Gasteiger partial charge on any atom is -0.542 e. The van der Waals surface area contributed by atoms with Crippen LogP contribution in [0, 0.1) is 56.3 Å². The van der Waals surface area contributed by atoms with Crippen LogP contribution in [-0.2, 0) is 4.79 Å². The van der Waals surface area contributed by atoms with Crippen LogP contribution in [0.1, 0.15) is 39.5 Å². The van der Waals surface area contributed by atoms with Crippen molar-refractivity contribution >= 4 is 6.29 Å². The summed E-state index contributed by atoms with van der Waals surface area (Å²) in [4.78, 5) is 8.68. The van der Waals surface area contributed by atoms with Gasteiger partial charge in [-0.25, -0.2) is 0 Å². The van der Waals surface area contributed by atoms with Gasteiger partial charge in [0.15, 0.2) is 0 Å². The zero-order valence-electron chi connectivity index (χ0n) is 8.89. The van der Waals surface area contributed by atoms with E-state index in [9.17, 15) is 0 Å². The minimum atomic E-state index is 0. The molecule has 2 rings (SSSR count). The summed E-state index contributed by atoms with van der Waals surface area (Å²) in [6, 6.07) is 0. The first kappa shape index (κ1) is 16.2. The quantitative estimate of drug-likeness (QED) is 0.567. The van der Waals surface area contributed by atoms with E-state index in [4.69, 9.17) is 4.79 Å². The second kappa shape index (κ2) is 8.07. The van der Waals surface area contributed by atoms with E-state index in [1.807, 2.05) is 0 Å². The van der Waals surface area contributed by atoms with Gasteiger partial charge in [0.25, 0.3) is 0 Å². The van der Waals surface area contributed by atoms with E-state index < -0.39 is 0 Å². The second-order valence-electron chi connectivity index (χ2n) is 3.63. The van der Waals surface area contributed by atoms with Crippen molar-refractivity contribution in [1.82, 2.24) is 0 Å². The van der Waals surface area contributed by atoms with Crippen molar-refractivity contribution in [2.45, 2.75) is 39.5 Å². The molecule has 0 N–H and O–H groups in total. The van der Waals surface area contributed by atoms with E-state index >= 15 is 0 Å². The van der Waals surface area contributed by atoms with E-state index in [2.05, 4.69) is 6.92 Å². The molecule has 0 spiro atoms. The molecule has 2 unspecified atom stereocenters. The van der Waals surface area contributed by atoms with Crippen LogP contribution in [0.4, 0.5) is 0 Å². The van der Waals surface area contributed by atoms with Gasteiger partial charge in [-0.15, -0.1) is 0 Å². The zero-order chi connectivity index (χ0) is 8.27.